The molecule has 2 nitrogen and oxygen atoms in total. The Hall–Kier alpha value is -0.0800. The number of hydrogen-bond acceptors (Lipinski definition) is 2. The molecule has 4 atom stereocenters. The van der Waals surface area contributed by atoms with Gasteiger partial charge in [0.25, 0.3) is 0 Å². The minimum atomic E-state index is 0.787. The van der Waals surface area contributed by atoms with E-state index in [1.807, 2.05) is 0 Å². The van der Waals surface area contributed by atoms with Crippen molar-refractivity contribution in [3.05, 3.63) is 0 Å². The van der Waals surface area contributed by atoms with Crippen molar-refractivity contribution in [1.29, 1.82) is 0 Å². The number of fused-ring (bicyclic) bond motifs is 1. The van der Waals surface area contributed by atoms with E-state index in [4.69, 9.17) is 0 Å². The summed E-state index contributed by atoms with van der Waals surface area (Å²) in [4.78, 5) is 0. The van der Waals surface area contributed by atoms with Crippen LogP contribution in [0.5, 0.6) is 0 Å². The van der Waals surface area contributed by atoms with Crippen molar-refractivity contribution in [2.24, 2.45) is 17.8 Å². The fraction of sp³-hybridized carbons (Fsp3) is 1.00. The van der Waals surface area contributed by atoms with E-state index >= 15 is 0 Å². The van der Waals surface area contributed by atoms with E-state index in [2.05, 4.69) is 24.5 Å². The zero-order valence-corrected chi connectivity index (χ0v) is 8.14. The molecule has 1 aliphatic heterocycles. The van der Waals surface area contributed by atoms with Gasteiger partial charge < -0.3 is 10.6 Å². The Morgan fingerprint density at radius 1 is 1.08 bits per heavy atom. The lowest BCUT2D eigenvalue weighted by Crippen LogP contribution is -2.37. The summed E-state index contributed by atoms with van der Waals surface area (Å²) in [5, 5.41) is 7.17. The normalized spacial score (nSPS) is 48.5. The third-order valence-corrected chi connectivity index (χ3v) is 3.61. The van der Waals surface area contributed by atoms with Crippen molar-refractivity contribution in [2.75, 3.05) is 19.6 Å². The minimum absolute atomic E-state index is 0.787. The molecule has 0 aromatic heterocycles. The maximum Gasteiger partial charge on any atom is 0.0136 e. The molecule has 2 rings (SSSR count). The molecular formula is C10H20N2. The molecule has 2 heteroatoms. The molecule has 1 heterocycles. The molecule has 2 fully saturated rings. The van der Waals surface area contributed by atoms with Crippen LogP contribution in [0.4, 0.5) is 0 Å². The molecule has 1 saturated carbocycles. The van der Waals surface area contributed by atoms with E-state index in [0.717, 1.165) is 36.9 Å². The topological polar surface area (TPSA) is 24.1 Å². The van der Waals surface area contributed by atoms with Crippen molar-refractivity contribution in [2.45, 2.75) is 26.3 Å². The summed E-state index contributed by atoms with van der Waals surface area (Å²) in [6.45, 7) is 8.31. The predicted molar refractivity (Wildman–Crippen MR) is 51.1 cm³/mol. The first-order chi connectivity index (χ1) is 5.79. The second-order valence-electron chi connectivity index (χ2n) is 4.54. The van der Waals surface area contributed by atoms with Crippen LogP contribution in [0.3, 0.4) is 0 Å². The monoisotopic (exact) mass is 168 g/mol. The smallest absolute Gasteiger partial charge is 0.0136 e. The van der Waals surface area contributed by atoms with Crippen LogP contribution < -0.4 is 10.6 Å². The SMILES string of the molecule is CC1CC(C)C2NCCNCC12. The molecule has 0 aromatic carbocycles. The van der Waals surface area contributed by atoms with Crippen molar-refractivity contribution in [3.63, 3.8) is 0 Å². The molecule has 0 bridgehead atoms. The Balaban J connectivity index is 2.07. The quantitative estimate of drug-likeness (QED) is 0.560. The molecule has 1 saturated heterocycles. The summed E-state index contributed by atoms with van der Waals surface area (Å²) in [5.74, 6) is 2.66. The van der Waals surface area contributed by atoms with Crippen LogP contribution >= 0.6 is 0 Å². The summed E-state index contributed by atoms with van der Waals surface area (Å²) in [6.07, 6.45) is 1.41. The number of hydrogen-bond donors (Lipinski definition) is 2. The number of rotatable bonds is 0. The Bertz CT molecular complexity index is 142. The lowest BCUT2D eigenvalue weighted by molar-refractivity contribution is 0.344. The highest BCUT2D eigenvalue weighted by Crippen LogP contribution is 2.36. The van der Waals surface area contributed by atoms with Crippen molar-refractivity contribution in [1.82, 2.24) is 10.6 Å². The van der Waals surface area contributed by atoms with Crippen LogP contribution in [0.25, 0.3) is 0 Å². The predicted octanol–water partition coefficient (Wildman–Crippen LogP) is 0.840. The summed E-state index contributed by atoms with van der Waals surface area (Å²) >= 11 is 0. The maximum absolute atomic E-state index is 3.66. The Morgan fingerprint density at radius 2 is 1.92 bits per heavy atom. The first-order valence-electron chi connectivity index (χ1n) is 5.23. The molecule has 1 aliphatic carbocycles. The van der Waals surface area contributed by atoms with E-state index in [1.54, 1.807) is 0 Å². The second-order valence-corrected chi connectivity index (χ2v) is 4.54. The summed E-state index contributed by atoms with van der Waals surface area (Å²) in [5.41, 5.74) is 0. The van der Waals surface area contributed by atoms with Gasteiger partial charge in [0.1, 0.15) is 0 Å². The van der Waals surface area contributed by atoms with Crippen LogP contribution in [-0.4, -0.2) is 25.7 Å². The van der Waals surface area contributed by atoms with Crippen LogP contribution in [0.15, 0.2) is 0 Å². The Morgan fingerprint density at radius 3 is 2.75 bits per heavy atom. The molecule has 2 aliphatic rings. The average Bonchev–Trinajstić information content (AvgIpc) is 2.29. The largest absolute Gasteiger partial charge is 0.315 e. The van der Waals surface area contributed by atoms with Gasteiger partial charge in [-0.1, -0.05) is 13.8 Å². The maximum atomic E-state index is 3.66. The summed E-state index contributed by atoms with van der Waals surface area (Å²) in [7, 11) is 0. The van der Waals surface area contributed by atoms with E-state index in [-0.39, 0.29) is 0 Å². The van der Waals surface area contributed by atoms with Crippen LogP contribution in [0.1, 0.15) is 20.3 Å². The zero-order valence-electron chi connectivity index (χ0n) is 8.14. The van der Waals surface area contributed by atoms with E-state index in [0.29, 0.717) is 0 Å². The molecule has 0 aromatic rings. The van der Waals surface area contributed by atoms with Gasteiger partial charge in [0, 0.05) is 19.1 Å². The van der Waals surface area contributed by atoms with Crippen molar-refractivity contribution < 1.29 is 0 Å². The fourth-order valence-corrected chi connectivity index (χ4v) is 2.96. The molecule has 2 N–H and O–H groups in total. The van der Waals surface area contributed by atoms with E-state index < -0.39 is 0 Å². The lowest BCUT2D eigenvalue weighted by atomic mass is 9.95. The highest BCUT2D eigenvalue weighted by Gasteiger charge is 2.38. The Labute approximate surface area is 75.1 Å². The highest BCUT2D eigenvalue weighted by molar-refractivity contribution is 4.94. The zero-order chi connectivity index (χ0) is 8.55. The molecule has 0 amide bonds. The first kappa shape index (κ1) is 8.52. The van der Waals surface area contributed by atoms with Gasteiger partial charge in [-0.05, 0) is 30.7 Å². The molecule has 4 unspecified atom stereocenters. The standard InChI is InChI=1S/C10H20N2/c1-7-5-8(2)10-9(7)6-11-3-4-12-10/h7-12H,3-6H2,1-2H3. The summed E-state index contributed by atoms with van der Waals surface area (Å²) in [6, 6.07) is 0.787. The third-order valence-electron chi connectivity index (χ3n) is 3.61. The van der Waals surface area contributed by atoms with Gasteiger partial charge in [-0.3, -0.25) is 0 Å². The minimum Gasteiger partial charge on any atom is -0.315 e. The van der Waals surface area contributed by atoms with Gasteiger partial charge in [0.2, 0.25) is 0 Å². The van der Waals surface area contributed by atoms with Crippen molar-refractivity contribution in [3.8, 4) is 0 Å². The van der Waals surface area contributed by atoms with Gasteiger partial charge in [0.05, 0.1) is 0 Å². The number of nitrogens with one attached hydrogen (secondary N) is 2. The van der Waals surface area contributed by atoms with Crippen LogP contribution in [0.2, 0.25) is 0 Å². The first-order valence-corrected chi connectivity index (χ1v) is 5.23. The highest BCUT2D eigenvalue weighted by atomic mass is 15.0. The van der Waals surface area contributed by atoms with E-state index in [9.17, 15) is 0 Å². The molecule has 70 valence electrons. The van der Waals surface area contributed by atoms with Crippen LogP contribution in [-0.2, 0) is 0 Å². The average molecular weight is 168 g/mol. The molecule has 0 spiro atoms. The molecule has 12 heavy (non-hydrogen) atoms. The van der Waals surface area contributed by atoms with Gasteiger partial charge in [-0.25, -0.2) is 0 Å². The second kappa shape index (κ2) is 3.35. The lowest BCUT2D eigenvalue weighted by Gasteiger charge is -2.22. The van der Waals surface area contributed by atoms with Crippen LogP contribution in [0, 0.1) is 17.8 Å². The van der Waals surface area contributed by atoms with Gasteiger partial charge in [-0.2, -0.15) is 0 Å². The Kier molecular flexibility index (Phi) is 2.37. The van der Waals surface area contributed by atoms with Gasteiger partial charge in [0.15, 0.2) is 0 Å². The third kappa shape index (κ3) is 1.38. The van der Waals surface area contributed by atoms with Gasteiger partial charge >= 0.3 is 0 Å². The van der Waals surface area contributed by atoms with E-state index in [1.165, 1.54) is 13.0 Å². The van der Waals surface area contributed by atoms with Crippen molar-refractivity contribution >= 4 is 0 Å². The molecule has 0 radical (unpaired) electrons. The molecular weight excluding hydrogens is 148 g/mol. The van der Waals surface area contributed by atoms with Gasteiger partial charge in [-0.15, -0.1) is 0 Å². The fourth-order valence-electron chi connectivity index (χ4n) is 2.96. The summed E-state index contributed by atoms with van der Waals surface area (Å²) < 4.78 is 0.